The molecule has 0 spiro atoms. The minimum Gasteiger partial charge on any atom is -0.207 e. The minimum absolute atomic E-state index is 0.0195. The summed E-state index contributed by atoms with van der Waals surface area (Å²) in [6.07, 6.45) is 1.01. The Hall–Kier alpha value is -2.41. The quantitative estimate of drug-likeness (QED) is 0.345. The Kier molecular flexibility index (Phi) is 7.19. The maximum atomic E-state index is 14.1. The van der Waals surface area contributed by atoms with Crippen molar-refractivity contribution in [3.63, 3.8) is 0 Å². The average Bonchev–Trinajstić information content (AvgIpc) is 2.72. The van der Waals surface area contributed by atoms with E-state index in [4.69, 9.17) is 0 Å². The Morgan fingerprint density at radius 1 is 0.676 bits per heavy atom. The molecule has 0 saturated carbocycles. The summed E-state index contributed by atoms with van der Waals surface area (Å²) < 4.78 is 14.1. The monoisotopic (exact) mass is 458 g/mol. The molecule has 3 rings (SSSR count). The topological polar surface area (TPSA) is 0 Å². The second kappa shape index (κ2) is 9.33. The lowest BCUT2D eigenvalue weighted by atomic mass is 9.70. The second-order valence-corrected chi connectivity index (χ2v) is 11.9. The van der Waals surface area contributed by atoms with Crippen LogP contribution in [0.15, 0.2) is 42.5 Å². The lowest BCUT2D eigenvalue weighted by Gasteiger charge is -2.34. The average molecular weight is 459 g/mol. The zero-order valence-electron chi connectivity index (χ0n) is 23.2. The van der Waals surface area contributed by atoms with Gasteiger partial charge in [0.05, 0.1) is 0 Å². The van der Waals surface area contributed by atoms with Gasteiger partial charge in [0.25, 0.3) is 0 Å². The van der Waals surface area contributed by atoms with Crippen LogP contribution in [0.3, 0.4) is 0 Å². The molecular formula is C33H43F. The van der Waals surface area contributed by atoms with Crippen LogP contribution in [0.1, 0.15) is 103 Å². The van der Waals surface area contributed by atoms with E-state index < -0.39 is 0 Å². The van der Waals surface area contributed by atoms with E-state index in [0.717, 1.165) is 17.5 Å². The third-order valence-electron chi connectivity index (χ3n) is 7.97. The third kappa shape index (κ3) is 4.85. The van der Waals surface area contributed by atoms with Gasteiger partial charge in [0.2, 0.25) is 0 Å². The number of benzene rings is 3. The molecule has 0 saturated heterocycles. The number of rotatable bonds is 6. The maximum absolute atomic E-state index is 14.1. The SMILES string of the molecule is Cc1cc(CC(C)(C)c2cc(C)c(C(C)(C)c3ccc(F)c(C)c3C)cc2C)ccc1C(C)C. The minimum atomic E-state index is -0.205. The first-order valence-electron chi connectivity index (χ1n) is 12.6. The van der Waals surface area contributed by atoms with E-state index in [-0.39, 0.29) is 16.6 Å². The molecule has 0 aromatic heterocycles. The normalized spacial score (nSPS) is 12.5. The van der Waals surface area contributed by atoms with Crippen LogP contribution >= 0.6 is 0 Å². The predicted molar refractivity (Wildman–Crippen MR) is 146 cm³/mol. The molecule has 0 aliphatic carbocycles. The van der Waals surface area contributed by atoms with Crippen molar-refractivity contribution < 1.29 is 4.39 Å². The van der Waals surface area contributed by atoms with Gasteiger partial charge in [-0.1, -0.05) is 77.9 Å². The van der Waals surface area contributed by atoms with Crippen molar-refractivity contribution in [2.75, 3.05) is 0 Å². The van der Waals surface area contributed by atoms with Gasteiger partial charge in [0.15, 0.2) is 0 Å². The highest BCUT2D eigenvalue weighted by molar-refractivity contribution is 5.51. The van der Waals surface area contributed by atoms with Crippen molar-refractivity contribution in [1.82, 2.24) is 0 Å². The van der Waals surface area contributed by atoms with Gasteiger partial charge < -0.3 is 0 Å². The summed E-state index contributed by atoms with van der Waals surface area (Å²) in [6.45, 7) is 24.4. The van der Waals surface area contributed by atoms with E-state index in [1.54, 1.807) is 6.07 Å². The van der Waals surface area contributed by atoms with E-state index in [1.165, 1.54) is 44.5 Å². The Morgan fingerprint density at radius 2 is 1.26 bits per heavy atom. The van der Waals surface area contributed by atoms with E-state index in [0.29, 0.717) is 5.92 Å². The summed E-state index contributed by atoms with van der Waals surface area (Å²) in [5.74, 6) is 0.426. The van der Waals surface area contributed by atoms with Gasteiger partial charge in [-0.05, 0) is 114 Å². The third-order valence-corrected chi connectivity index (χ3v) is 7.97. The smallest absolute Gasteiger partial charge is 0.126 e. The van der Waals surface area contributed by atoms with Crippen LogP contribution in [0, 0.1) is 40.4 Å². The molecule has 182 valence electrons. The highest BCUT2D eigenvalue weighted by atomic mass is 19.1. The zero-order chi connectivity index (χ0) is 25.6. The fraction of sp³-hybridized carbons (Fsp3) is 0.455. The van der Waals surface area contributed by atoms with Crippen molar-refractivity contribution in [3.8, 4) is 0 Å². The first kappa shape index (κ1) is 26.2. The summed E-state index contributed by atoms with van der Waals surface area (Å²) in [5.41, 5.74) is 12.4. The molecule has 0 nitrogen and oxygen atoms in total. The van der Waals surface area contributed by atoms with E-state index in [2.05, 4.69) is 92.6 Å². The van der Waals surface area contributed by atoms with Crippen LogP contribution in [0.25, 0.3) is 0 Å². The molecule has 3 aromatic rings. The number of aryl methyl sites for hydroxylation is 3. The lowest BCUT2D eigenvalue weighted by molar-refractivity contribution is 0.517. The maximum Gasteiger partial charge on any atom is 0.126 e. The molecule has 0 heterocycles. The van der Waals surface area contributed by atoms with Crippen LogP contribution in [0.5, 0.6) is 0 Å². The van der Waals surface area contributed by atoms with E-state index >= 15 is 0 Å². The van der Waals surface area contributed by atoms with Crippen LogP contribution in [0.2, 0.25) is 0 Å². The van der Waals surface area contributed by atoms with Crippen molar-refractivity contribution in [1.29, 1.82) is 0 Å². The fourth-order valence-corrected chi connectivity index (χ4v) is 5.93. The van der Waals surface area contributed by atoms with Crippen LogP contribution in [0.4, 0.5) is 4.39 Å². The number of hydrogen-bond donors (Lipinski definition) is 0. The van der Waals surface area contributed by atoms with Crippen LogP contribution in [-0.2, 0) is 17.3 Å². The fourth-order valence-electron chi connectivity index (χ4n) is 5.93. The van der Waals surface area contributed by atoms with Gasteiger partial charge in [-0.3, -0.25) is 0 Å². The Labute approximate surface area is 207 Å². The molecule has 34 heavy (non-hydrogen) atoms. The molecule has 0 N–H and O–H groups in total. The molecule has 0 unspecified atom stereocenters. The molecular weight excluding hydrogens is 415 g/mol. The Morgan fingerprint density at radius 3 is 1.85 bits per heavy atom. The predicted octanol–water partition coefficient (Wildman–Crippen LogP) is 9.34. The second-order valence-electron chi connectivity index (χ2n) is 11.9. The first-order valence-corrected chi connectivity index (χ1v) is 12.6. The molecule has 0 aliphatic rings. The van der Waals surface area contributed by atoms with Crippen molar-refractivity contribution in [3.05, 3.63) is 104 Å². The van der Waals surface area contributed by atoms with Gasteiger partial charge in [0.1, 0.15) is 5.82 Å². The Bertz CT molecular complexity index is 1210. The molecule has 0 amide bonds. The summed E-state index contributed by atoms with van der Waals surface area (Å²) >= 11 is 0. The van der Waals surface area contributed by atoms with Crippen molar-refractivity contribution >= 4 is 0 Å². The van der Waals surface area contributed by atoms with Gasteiger partial charge in [-0.15, -0.1) is 0 Å². The van der Waals surface area contributed by atoms with Crippen molar-refractivity contribution in [2.24, 2.45) is 0 Å². The Balaban J connectivity index is 2.01. The van der Waals surface area contributed by atoms with Gasteiger partial charge in [-0.2, -0.15) is 0 Å². The van der Waals surface area contributed by atoms with Crippen molar-refractivity contribution in [2.45, 2.75) is 99.3 Å². The summed E-state index contributed by atoms with van der Waals surface area (Å²) in [6, 6.07) is 15.3. The zero-order valence-corrected chi connectivity index (χ0v) is 23.2. The largest absolute Gasteiger partial charge is 0.207 e. The molecule has 0 atom stereocenters. The van der Waals surface area contributed by atoms with Crippen LogP contribution in [-0.4, -0.2) is 0 Å². The highest BCUT2D eigenvalue weighted by Gasteiger charge is 2.30. The van der Waals surface area contributed by atoms with E-state index in [1.807, 2.05) is 19.9 Å². The number of halogens is 1. The van der Waals surface area contributed by atoms with Gasteiger partial charge in [0, 0.05) is 5.41 Å². The summed E-state index contributed by atoms with van der Waals surface area (Å²) in [7, 11) is 0. The first-order chi connectivity index (χ1) is 15.7. The molecule has 0 aliphatic heterocycles. The van der Waals surface area contributed by atoms with Crippen LogP contribution < -0.4 is 0 Å². The van der Waals surface area contributed by atoms with Gasteiger partial charge >= 0.3 is 0 Å². The standard InChI is InChI=1S/C33H43F/c1-20(2)27-13-12-26(16-21(27)3)19-32(8,9)29-17-23(5)30(18-22(29)4)33(10,11)28-14-15-31(34)25(7)24(28)6/h12-18,20H,19H2,1-11H3. The van der Waals surface area contributed by atoms with Gasteiger partial charge in [-0.25, -0.2) is 4.39 Å². The lowest BCUT2D eigenvalue weighted by Crippen LogP contribution is -2.26. The highest BCUT2D eigenvalue weighted by Crippen LogP contribution is 2.40. The molecule has 0 fully saturated rings. The summed E-state index contributed by atoms with van der Waals surface area (Å²) in [4.78, 5) is 0. The molecule has 1 heteroatoms. The van der Waals surface area contributed by atoms with E-state index in [9.17, 15) is 4.39 Å². The molecule has 0 radical (unpaired) electrons. The molecule has 3 aromatic carbocycles. The molecule has 0 bridgehead atoms. The summed E-state index contributed by atoms with van der Waals surface area (Å²) in [5, 5.41) is 0. The number of hydrogen-bond acceptors (Lipinski definition) is 0.